The molecule has 0 bridgehead atoms. The Morgan fingerprint density at radius 3 is 2.75 bits per heavy atom. The van der Waals surface area contributed by atoms with Crippen LogP contribution in [0.3, 0.4) is 0 Å². The minimum Gasteiger partial charge on any atom is -0.311 e. The third-order valence-electron chi connectivity index (χ3n) is 3.96. The molecule has 0 amide bonds. The number of hydrogen-bond donors (Lipinski definition) is 1. The van der Waals surface area contributed by atoms with E-state index in [9.17, 15) is 22.4 Å². The number of fused-ring (bicyclic) bond motifs is 1. The SMILES string of the molecule is Cc1nc2c(c(=O)[nH]1)CCN(Cc1cc(F)cc(C(F)(F)F)c1)C2. The molecule has 0 atom stereocenters. The van der Waals surface area contributed by atoms with Crippen LogP contribution in [0.15, 0.2) is 23.0 Å². The maximum absolute atomic E-state index is 13.5. The van der Waals surface area contributed by atoms with Crippen molar-refractivity contribution in [2.24, 2.45) is 0 Å². The molecule has 2 aromatic rings. The van der Waals surface area contributed by atoms with Gasteiger partial charge in [-0.2, -0.15) is 13.2 Å². The van der Waals surface area contributed by atoms with Gasteiger partial charge in [0.2, 0.25) is 0 Å². The van der Waals surface area contributed by atoms with E-state index in [1.165, 1.54) is 0 Å². The van der Waals surface area contributed by atoms with Crippen molar-refractivity contribution in [2.45, 2.75) is 32.6 Å². The zero-order valence-electron chi connectivity index (χ0n) is 12.9. The van der Waals surface area contributed by atoms with Gasteiger partial charge in [-0.25, -0.2) is 9.37 Å². The van der Waals surface area contributed by atoms with Gasteiger partial charge in [-0.05, 0) is 37.1 Å². The highest BCUT2D eigenvalue weighted by Gasteiger charge is 2.31. The van der Waals surface area contributed by atoms with Crippen molar-refractivity contribution in [3.63, 3.8) is 0 Å². The highest BCUT2D eigenvalue weighted by atomic mass is 19.4. The van der Waals surface area contributed by atoms with Crippen molar-refractivity contribution in [1.29, 1.82) is 0 Å². The number of aromatic nitrogens is 2. The van der Waals surface area contributed by atoms with Gasteiger partial charge in [0.1, 0.15) is 11.6 Å². The first kappa shape index (κ1) is 16.6. The highest BCUT2D eigenvalue weighted by Crippen LogP contribution is 2.31. The van der Waals surface area contributed by atoms with Crippen LogP contribution in [0, 0.1) is 12.7 Å². The number of nitrogens with zero attached hydrogens (tertiary/aromatic N) is 2. The second-order valence-corrected chi connectivity index (χ2v) is 5.88. The fourth-order valence-corrected chi connectivity index (χ4v) is 2.92. The summed E-state index contributed by atoms with van der Waals surface area (Å²) in [4.78, 5) is 20.6. The van der Waals surface area contributed by atoms with Crippen molar-refractivity contribution in [1.82, 2.24) is 14.9 Å². The van der Waals surface area contributed by atoms with E-state index in [4.69, 9.17) is 0 Å². The molecule has 1 aromatic carbocycles. The Morgan fingerprint density at radius 1 is 1.29 bits per heavy atom. The lowest BCUT2D eigenvalue weighted by Gasteiger charge is -2.27. The van der Waals surface area contributed by atoms with E-state index in [-0.39, 0.29) is 17.7 Å². The average molecular weight is 341 g/mol. The van der Waals surface area contributed by atoms with Gasteiger partial charge in [-0.1, -0.05) is 0 Å². The van der Waals surface area contributed by atoms with Gasteiger partial charge < -0.3 is 4.98 Å². The molecule has 1 aromatic heterocycles. The molecule has 8 heteroatoms. The van der Waals surface area contributed by atoms with Crippen LogP contribution in [0.25, 0.3) is 0 Å². The van der Waals surface area contributed by atoms with Crippen LogP contribution in [-0.2, 0) is 25.7 Å². The lowest BCUT2D eigenvalue weighted by molar-refractivity contribution is -0.137. The number of nitrogens with one attached hydrogen (secondary N) is 1. The van der Waals surface area contributed by atoms with Crippen molar-refractivity contribution < 1.29 is 17.6 Å². The van der Waals surface area contributed by atoms with Crippen LogP contribution in [0.2, 0.25) is 0 Å². The van der Waals surface area contributed by atoms with Gasteiger partial charge in [0.05, 0.1) is 11.3 Å². The smallest absolute Gasteiger partial charge is 0.311 e. The summed E-state index contributed by atoms with van der Waals surface area (Å²) >= 11 is 0. The van der Waals surface area contributed by atoms with Crippen LogP contribution in [0.5, 0.6) is 0 Å². The molecule has 0 saturated carbocycles. The molecule has 0 saturated heterocycles. The standard InChI is InChI=1S/C16H15F4N3O/c1-9-21-14-8-23(3-2-13(14)15(24)22-9)7-10-4-11(16(18,19)20)6-12(17)5-10/h4-6H,2-3,7-8H2,1H3,(H,21,22,24). The Kier molecular flexibility index (Phi) is 4.16. The van der Waals surface area contributed by atoms with E-state index in [1.807, 2.05) is 4.90 Å². The van der Waals surface area contributed by atoms with Gasteiger partial charge in [0, 0.05) is 25.2 Å². The Hall–Kier alpha value is -2.22. The molecule has 0 fully saturated rings. The number of hydrogen-bond acceptors (Lipinski definition) is 3. The summed E-state index contributed by atoms with van der Waals surface area (Å²) in [5, 5.41) is 0. The fourth-order valence-electron chi connectivity index (χ4n) is 2.92. The molecule has 1 aliphatic rings. The number of alkyl halides is 3. The van der Waals surface area contributed by atoms with Crippen LogP contribution >= 0.6 is 0 Å². The third kappa shape index (κ3) is 3.48. The first-order valence-corrected chi connectivity index (χ1v) is 7.40. The molecule has 1 aliphatic heterocycles. The summed E-state index contributed by atoms with van der Waals surface area (Å²) in [6, 6.07) is 2.54. The highest BCUT2D eigenvalue weighted by molar-refractivity contribution is 5.27. The maximum atomic E-state index is 13.5. The molecular weight excluding hydrogens is 326 g/mol. The first-order chi connectivity index (χ1) is 11.2. The van der Waals surface area contributed by atoms with Crippen LogP contribution in [0.1, 0.15) is 28.2 Å². The molecule has 4 nitrogen and oxygen atoms in total. The number of H-pyrrole nitrogens is 1. The van der Waals surface area contributed by atoms with E-state index in [0.717, 1.165) is 12.1 Å². The van der Waals surface area contributed by atoms with Crippen molar-refractivity contribution in [3.05, 3.63) is 62.6 Å². The van der Waals surface area contributed by atoms with Crippen LogP contribution < -0.4 is 5.56 Å². The Balaban J connectivity index is 1.83. The molecule has 0 unspecified atom stereocenters. The Labute approximate surface area is 135 Å². The lowest BCUT2D eigenvalue weighted by atomic mass is 10.0. The first-order valence-electron chi connectivity index (χ1n) is 7.40. The second kappa shape index (κ2) is 6.01. The molecule has 0 spiro atoms. The molecule has 2 heterocycles. The minimum absolute atomic E-state index is 0.161. The van der Waals surface area contributed by atoms with Gasteiger partial charge in [0.15, 0.2) is 0 Å². The predicted molar refractivity (Wildman–Crippen MR) is 78.8 cm³/mol. The number of benzene rings is 1. The van der Waals surface area contributed by atoms with Crippen LogP contribution in [0.4, 0.5) is 17.6 Å². The number of rotatable bonds is 2. The van der Waals surface area contributed by atoms with Crippen LogP contribution in [-0.4, -0.2) is 21.4 Å². The van der Waals surface area contributed by atoms with Gasteiger partial charge in [-0.3, -0.25) is 9.69 Å². The molecule has 0 aliphatic carbocycles. The number of halogens is 4. The monoisotopic (exact) mass is 341 g/mol. The van der Waals surface area contributed by atoms with Gasteiger partial charge in [-0.15, -0.1) is 0 Å². The van der Waals surface area contributed by atoms with Gasteiger partial charge in [0.25, 0.3) is 5.56 Å². The molecule has 1 N–H and O–H groups in total. The van der Waals surface area contributed by atoms with Gasteiger partial charge >= 0.3 is 6.18 Å². The quantitative estimate of drug-likeness (QED) is 0.855. The predicted octanol–water partition coefficient (Wildman–Crippen LogP) is 2.79. The summed E-state index contributed by atoms with van der Waals surface area (Å²) in [6.07, 6.45) is -4.13. The van der Waals surface area contributed by atoms with E-state index >= 15 is 0 Å². The zero-order valence-corrected chi connectivity index (χ0v) is 12.9. The normalized spacial score (nSPS) is 15.4. The minimum atomic E-state index is -4.59. The molecular formula is C16H15F4N3O. The number of aryl methyl sites for hydroxylation is 1. The van der Waals surface area contributed by atoms with Crippen molar-refractivity contribution in [2.75, 3.05) is 6.54 Å². The summed E-state index contributed by atoms with van der Waals surface area (Å²) in [7, 11) is 0. The van der Waals surface area contributed by atoms with Crippen molar-refractivity contribution >= 4 is 0 Å². The second-order valence-electron chi connectivity index (χ2n) is 5.88. The zero-order chi connectivity index (χ0) is 17.5. The maximum Gasteiger partial charge on any atom is 0.416 e. The van der Waals surface area contributed by atoms with E-state index < -0.39 is 17.6 Å². The molecule has 0 radical (unpaired) electrons. The lowest BCUT2D eigenvalue weighted by Crippen LogP contribution is -2.35. The largest absolute Gasteiger partial charge is 0.416 e. The summed E-state index contributed by atoms with van der Waals surface area (Å²) in [5.74, 6) is -0.423. The van der Waals surface area contributed by atoms with E-state index in [1.54, 1.807) is 6.92 Å². The van der Waals surface area contributed by atoms with Crippen molar-refractivity contribution in [3.8, 4) is 0 Å². The van der Waals surface area contributed by atoms with E-state index in [0.29, 0.717) is 42.7 Å². The summed E-state index contributed by atoms with van der Waals surface area (Å²) in [5.41, 5.74) is 0.289. The summed E-state index contributed by atoms with van der Waals surface area (Å²) in [6.45, 7) is 2.67. The topological polar surface area (TPSA) is 49.0 Å². The third-order valence-corrected chi connectivity index (χ3v) is 3.96. The molecule has 24 heavy (non-hydrogen) atoms. The summed E-state index contributed by atoms with van der Waals surface area (Å²) < 4.78 is 51.8. The molecule has 128 valence electrons. The van der Waals surface area contributed by atoms with E-state index in [2.05, 4.69) is 9.97 Å². The fraction of sp³-hybridized carbons (Fsp3) is 0.375. The number of aromatic amines is 1. The Bertz CT molecular complexity index is 829. The molecule has 3 rings (SSSR count). The Morgan fingerprint density at radius 2 is 2.04 bits per heavy atom. The average Bonchev–Trinajstić information content (AvgIpc) is 2.45.